The van der Waals surface area contributed by atoms with Crippen LogP contribution in [-0.4, -0.2) is 64.1 Å². The first-order valence-corrected chi connectivity index (χ1v) is 13.3. The van der Waals surface area contributed by atoms with Gasteiger partial charge in [0.15, 0.2) is 0 Å². The second kappa shape index (κ2) is 10.7. The van der Waals surface area contributed by atoms with E-state index in [1.165, 1.54) is 4.31 Å². The van der Waals surface area contributed by atoms with Gasteiger partial charge in [-0.15, -0.1) is 0 Å². The first kappa shape index (κ1) is 25.0. The van der Waals surface area contributed by atoms with Crippen LogP contribution in [-0.2, 0) is 32.6 Å². The molecule has 10 heteroatoms. The van der Waals surface area contributed by atoms with Crippen molar-refractivity contribution >= 4 is 27.5 Å². The van der Waals surface area contributed by atoms with Crippen molar-refractivity contribution in [1.29, 1.82) is 0 Å². The van der Waals surface area contributed by atoms with Gasteiger partial charge in [-0.1, -0.05) is 6.07 Å². The fourth-order valence-electron chi connectivity index (χ4n) is 4.50. The van der Waals surface area contributed by atoms with Crippen molar-refractivity contribution in [3.05, 3.63) is 53.6 Å². The lowest BCUT2D eigenvalue weighted by atomic mass is 10.0. The van der Waals surface area contributed by atoms with Gasteiger partial charge in [-0.05, 0) is 60.4 Å². The molecule has 2 aromatic rings. The molecule has 2 amide bonds. The summed E-state index contributed by atoms with van der Waals surface area (Å²) >= 11 is 0. The molecular weight excluding hydrogens is 470 g/mol. The van der Waals surface area contributed by atoms with Gasteiger partial charge in [-0.25, -0.2) is 8.42 Å². The van der Waals surface area contributed by atoms with E-state index < -0.39 is 15.9 Å². The fourth-order valence-corrected chi connectivity index (χ4v) is 5.97. The van der Waals surface area contributed by atoms with Gasteiger partial charge in [0.2, 0.25) is 21.8 Å². The number of nitrogens with zero attached hydrogens (tertiary/aromatic N) is 2. The highest BCUT2D eigenvalue weighted by atomic mass is 32.2. The minimum atomic E-state index is -3.44. The zero-order chi connectivity index (χ0) is 25.0. The van der Waals surface area contributed by atoms with Crippen LogP contribution < -0.4 is 19.7 Å². The summed E-state index contributed by atoms with van der Waals surface area (Å²) in [6.45, 7) is 1.32. The number of sulfonamides is 1. The van der Waals surface area contributed by atoms with Crippen LogP contribution in [0.1, 0.15) is 24.0 Å². The molecule has 1 atom stereocenters. The average molecular weight is 502 g/mol. The Bertz CT molecular complexity index is 1180. The molecule has 188 valence electrons. The maximum atomic E-state index is 12.8. The van der Waals surface area contributed by atoms with Crippen molar-refractivity contribution in [1.82, 2.24) is 9.62 Å². The van der Waals surface area contributed by atoms with Crippen molar-refractivity contribution in [2.24, 2.45) is 5.92 Å². The lowest BCUT2D eigenvalue weighted by Gasteiger charge is -2.28. The summed E-state index contributed by atoms with van der Waals surface area (Å²) in [6.07, 6.45) is 1.08. The highest BCUT2D eigenvalue weighted by Gasteiger charge is 2.35. The Labute approximate surface area is 206 Å². The third kappa shape index (κ3) is 5.76. The molecule has 2 aliphatic rings. The number of methoxy groups -OCH3 is 2. The molecule has 2 aliphatic heterocycles. The summed E-state index contributed by atoms with van der Waals surface area (Å²) < 4.78 is 37.6. The van der Waals surface area contributed by atoms with Gasteiger partial charge in [0.1, 0.15) is 11.5 Å². The Kier molecular flexibility index (Phi) is 7.61. The summed E-state index contributed by atoms with van der Waals surface area (Å²) in [7, 11) is -0.253. The van der Waals surface area contributed by atoms with Crippen LogP contribution in [0.5, 0.6) is 11.5 Å². The van der Waals surface area contributed by atoms with Crippen LogP contribution in [0, 0.1) is 5.92 Å². The minimum absolute atomic E-state index is 0.0413. The van der Waals surface area contributed by atoms with Crippen molar-refractivity contribution in [2.75, 3.05) is 44.5 Å². The van der Waals surface area contributed by atoms with Gasteiger partial charge in [0.05, 0.1) is 25.9 Å². The number of hydrogen-bond acceptors (Lipinski definition) is 6. The monoisotopic (exact) mass is 501 g/mol. The maximum Gasteiger partial charge on any atom is 0.227 e. The molecule has 1 N–H and O–H groups in total. The minimum Gasteiger partial charge on any atom is -0.497 e. The third-order valence-electron chi connectivity index (χ3n) is 6.54. The first-order valence-electron chi connectivity index (χ1n) is 11.7. The van der Waals surface area contributed by atoms with E-state index in [0.29, 0.717) is 38.2 Å². The molecule has 2 aromatic carbocycles. The Morgan fingerprint density at radius 2 is 1.77 bits per heavy atom. The van der Waals surface area contributed by atoms with Crippen LogP contribution in [0.2, 0.25) is 0 Å². The molecule has 0 radical (unpaired) electrons. The van der Waals surface area contributed by atoms with Gasteiger partial charge in [-0.3, -0.25) is 9.59 Å². The number of nitrogens with one attached hydrogen (secondary N) is 1. The predicted molar refractivity (Wildman–Crippen MR) is 132 cm³/mol. The number of anilines is 1. The molecular formula is C25H31N3O6S. The summed E-state index contributed by atoms with van der Waals surface area (Å²) in [5.74, 6) is 0.621. The zero-order valence-electron chi connectivity index (χ0n) is 20.0. The van der Waals surface area contributed by atoms with Gasteiger partial charge in [0.25, 0.3) is 0 Å². The lowest BCUT2D eigenvalue weighted by Crippen LogP contribution is -2.38. The van der Waals surface area contributed by atoms with Crippen LogP contribution in [0.3, 0.4) is 0 Å². The number of carbonyl (C=O) groups excluding carboxylic acids is 2. The Morgan fingerprint density at radius 1 is 1.06 bits per heavy atom. The molecule has 0 spiro atoms. The summed E-state index contributed by atoms with van der Waals surface area (Å²) in [4.78, 5) is 26.6. The van der Waals surface area contributed by atoms with Gasteiger partial charge >= 0.3 is 0 Å². The molecule has 1 fully saturated rings. The van der Waals surface area contributed by atoms with Crippen molar-refractivity contribution in [3.63, 3.8) is 0 Å². The van der Waals surface area contributed by atoms with Crippen LogP contribution in [0.15, 0.2) is 42.5 Å². The topological polar surface area (TPSA) is 105 Å². The SMILES string of the molecule is COc1ccc(N2CC(C(=O)NCCCS(=O)(=O)N3CCc4cc(OC)ccc4C3)CC2=O)cc1. The number of fused-ring (bicyclic) bond motifs is 1. The molecule has 35 heavy (non-hydrogen) atoms. The molecule has 1 saturated heterocycles. The number of amides is 2. The van der Waals surface area contributed by atoms with Crippen molar-refractivity contribution in [2.45, 2.75) is 25.8 Å². The van der Waals surface area contributed by atoms with Crippen molar-refractivity contribution in [3.8, 4) is 11.5 Å². The van der Waals surface area contributed by atoms with E-state index in [9.17, 15) is 18.0 Å². The second-order valence-electron chi connectivity index (χ2n) is 8.78. The second-order valence-corrected chi connectivity index (χ2v) is 10.9. The van der Waals surface area contributed by atoms with Gasteiger partial charge in [-0.2, -0.15) is 4.31 Å². The predicted octanol–water partition coefficient (Wildman–Crippen LogP) is 1.95. The molecule has 0 saturated carbocycles. The highest BCUT2D eigenvalue weighted by molar-refractivity contribution is 7.89. The number of carbonyl (C=O) groups is 2. The number of benzene rings is 2. The van der Waals surface area contributed by atoms with Crippen LogP contribution in [0.25, 0.3) is 0 Å². The average Bonchev–Trinajstić information content (AvgIpc) is 3.27. The van der Waals surface area contributed by atoms with E-state index in [-0.39, 0.29) is 30.5 Å². The lowest BCUT2D eigenvalue weighted by molar-refractivity contribution is -0.126. The Hall–Kier alpha value is -3.11. The summed E-state index contributed by atoms with van der Waals surface area (Å²) in [5, 5.41) is 2.80. The Balaban J connectivity index is 1.24. The molecule has 0 aliphatic carbocycles. The van der Waals surface area contributed by atoms with E-state index in [4.69, 9.17) is 9.47 Å². The summed E-state index contributed by atoms with van der Waals surface area (Å²) in [5.41, 5.74) is 2.82. The number of ether oxygens (including phenoxy) is 2. The molecule has 2 heterocycles. The van der Waals surface area contributed by atoms with E-state index in [1.54, 1.807) is 43.4 Å². The molecule has 1 unspecified atom stereocenters. The maximum absolute atomic E-state index is 12.8. The smallest absolute Gasteiger partial charge is 0.227 e. The standard InChI is InChI=1S/C25H31N3O6S/c1-33-22-8-5-21(6-9-22)28-17-20(15-24(28)29)25(30)26-11-3-13-35(31,32)27-12-10-18-14-23(34-2)7-4-19(18)16-27/h4-9,14,20H,3,10-13,15-17H2,1-2H3,(H,26,30). The van der Waals surface area contributed by atoms with Crippen molar-refractivity contribution < 1.29 is 27.5 Å². The van der Waals surface area contributed by atoms with E-state index >= 15 is 0 Å². The quantitative estimate of drug-likeness (QED) is 0.527. The number of hydrogen-bond donors (Lipinski definition) is 1. The van der Waals surface area contributed by atoms with E-state index in [0.717, 1.165) is 22.6 Å². The molecule has 4 rings (SSSR count). The highest BCUT2D eigenvalue weighted by Crippen LogP contribution is 2.27. The number of rotatable bonds is 9. The molecule has 9 nitrogen and oxygen atoms in total. The fraction of sp³-hybridized carbons (Fsp3) is 0.440. The van der Waals surface area contributed by atoms with E-state index in [2.05, 4.69) is 5.32 Å². The first-order chi connectivity index (χ1) is 16.8. The summed E-state index contributed by atoms with van der Waals surface area (Å²) in [6, 6.07) is 12.8. The van der Waals surface area contributed by atoms with Gasteiger partial charge in [0, 0.05) is 38.3 Å². The van der Waals surface area contributed by atoms with Crippen LogP contribution in [0.4, 0.5) is 5.69 Å². The normalized spacial score (nSPS) is 18.3. The zero-order valence-corrected chi connectivity index (χ0v) is 20.8. The Morgan fingerprint density at radius 3 is 2.49 bits per heavy atom. The van der Waals surface area contributed by atoms with E-state index in [1.807, 2.05) is 18.2 Å². The molecule has 0 aromatic heterocycles. The van der Waals surface area contributed by atoms with Crippen LogP contribution >= 0.6 is 0 Å². The van der Waals surface area contributed by atoms with Gasteiger partial charge < -0.3 is 19.7 Å². The molecule has 0 bridgehead atoms. The third-order valence-corrected chi connectivity index (χ3v) is 8.45. The largest absolute Gasteiger partial charge is 0.497 e.